The molecule has 1 N–H and O–H groups in total. The number of aromatic nitrogens is 4. The van der Waals surface area contributed by atoms with Crippen molar-refractivity contribution in [3.63, 3.8) is 0 Å². The number of amides is 1. The number of hydrogen-bond acceptors (Lipinski definition) is 9. The van der Waals surface area contributed by atoms with Crippen LogP contribution in [0.4, 0.5) is 16.8 Å². The van der Waals surface area contributed by atoms with Crippen LogP contribution in [0, 0.1) is 6.57 Å². The van der Waals surface area contributed by atoms with Crippen molar-refractivity contribution in [1.29, 1.82) is 0 Å². The molecule has 0 aliphatic carbocycles. The predicted molar refractivity (Wildman–Crippen MR) is 115 cm³/mol. The van der Waals surface area contributed by atoms with Gasteiger partial charge < -0.3 is 19.2 Å². The van der Waals surface area contributed by atoms with E-state index in [0.29, 0.717) is 53.6 Å². The number of nitrogens with one attached hydrogen (secondary N) is 1. The van der Waals surface area contributed by atoms with Gasteiger partial charge in [-0.1, -0.05) is 29.3 Å². The molecule has 0 saturated carbocycles. The van der Waals surface area contributed by atoms with Gasteiger partial charge in [-0.15, -0.1) is 10.1 Å². The highest BCUT2D eigenvalue weighted by Crippen LogP contribution is 2.27. The Morgan fingerprint density at radius 3 is 2.87 bits per heavy atom. The van der Waals surface area contributed by atoms with Crippen LogP contribution in [0.5, 0.6) is 5.19 Å². The largest absolute Gasteiger partial charge is 0.462 e. The van der Waals surface area contributed by atoms with Crippen molar-refractivity contribution in [1.82, 2.24) is 20.2 Å². The van der Waals surface area contributed by atoms with E-state index < -0.39 is 5.91 Å². The zero-order valence-corrected chi connectivity index (χ0v) is 17.7. The van der Waals surface area contributed by atoms with Crippen LogP contribution in [0.1, 0.15) is 16.1 Å². The molecule has 4 rings (SSSR count). The molecule has 4 heterocycles. The molecule has 0 radical (unpaired) electrons. The first-order chi connectivity index (χ1) is 15.1. The third-order valence-corrected chi connectivity index (χ3v) is 5.26. The number of hydrogen-bond donors (Lipinski definition) is 1. The quantitative estimate of drug-likeness (QED) is 0.562. The minimum Gasteiger partial charge on any atom is -0.462 e. The van der Waals surface area contributed by atoms with Crippen molar-refractivity contribution in [2.24, 2.45) is 0 Å². The van der Waals surface area contributed by atoms with E-state index in [2.05, 4.69) is 30.3 Å². The van der Waals surface area contributed by atoms with Gasteiger partial charge in [0.15, 0.2) is 0 Å². The summed E-state index contributed by atoms with van der Waals surface area (Å²) < 4.78 is 10.9. The number of ether oxygens (including phenoxy) is 2. The van der Waals surface area contributed by atoms with Crippen LogP contribution in [0.25, 0.3) is 4.85 Å². The summed E-state index contributed by atoms with van der Waals surface area (Å²) in [6.45, 7) is 9.64. The summed E-state index contributed by atoms with van der Waals surface area (Å²) in [5, 5.41) is 11.7. The Balaban J connectivity index is 1.45. The lowest BCUT2D eigenvalue weighted by Gasteiger charge is -2.27. The molecule has 0 aromatic carbocycles. The van der Waals surface area contributed by atoms with Crippen LogP contribution in [0.2, 0.25) is 5.02 Å². The van der Waals surface area contributed by atoms with E-state index in [-0.39, 0.29) is 17.6 Å². The fourth-order valence-electron chi connectivity index (χ4n) is 2.80. The van der Waals surface area contributed by atoms with Gasteiger partial charge in [0.05, 0.1) is 23.9 Å². The number of nitrogens with zero attached hydrogens (tertiary/aromatic N) is 6. The second-order valence-corrected chi connectivity index (χ2v) is 7.71. The van der Waals surface area contributed by atoms with Crippen molar-refractivity contribution in [3.05, 3.63) is 58.2 Å². The average Bonchev–Trinajstić information content (AvgIpc) is 3.26. The molecule has 0 unspecified atom stereocenters. The molecule has 1 fully saturated rings. The summed E-state index contributed by atoms with van der Waals surface area (Å²) in [4.78, 5) is 26.7. The Morgan fingerprint density at radius 1 is 1.29 bits per heavy atom. The number of carbonyl (C=O) groups is 1. The third-order valence-electron chi connectivity index (χ3n) is 4.29. The van der Waals surface area contributed by atoms with Crippen molar-refractivity contribution in [2.45, 2.75) is 6.61 Å². The van der Waals surface area contributed by atoms with E-state index >= 15 is 0 Å². The van der Waals surface area contributed by atoms with Gasteiger partial charge in [-0.2, -0.15) is 0 Å². The smallest absolute Gasteiger partial charge is 0.296 e. The molecule has 12 heteroatoms. The highest BCUT2D eigenvalue weighted by Gasteiger charge is 2.25. The van der Waals surface area contributed by atoms with Crippen LogP contribution in [0.3, 0.4) is 0 Å². The maximum atomic E-state index is 12.9. The average molecular weight is 458 g/mol. The van der Waals surface area contributed by atoms with Gasteiger partial charge in [-0.3, -0.25) is 15.1 Å². The van der Waals surface area contributed by atoms with Crippen LogP contribution < -0.4 is 15.0 Å². The Kier molecular flexibility index (Phi) is 6.51. The van der Waals surface area contributed by atoms with Gasteiger partial charge in [-0.25, -0.2) is 0 Å². The van der Waals surface area contributed by atoms with Crippen molar-refractivity contribution < 1.29 is 14.3 Å². The number of rotatable bonds is 6. The summed E-state index contributed by atoms with van der Waals surface area (Å²) >= 11 is 6.91. The van der Waals surface area contributed by atoms with Gasteiger partial charge in [-0.05, 0) is 29.5 Å². The Morgan fingerprint density at radius 2 is 2.13 bits per heavy atom. The zero-order chi connectivity index (χ0) is 21.6. The van der Waals surface area contributed by atoms with E-state index in [1.807, 2.05) is 4.90 Å². The first kappa shape index (κ1) is 20.9. The Bertz CT molecular complexity index is 1110. The maximum absolute atomic E-state index is 12.9. The number of morpholine rings is 1. The molecule has 10 nitrogen and oxygen atoms in total. The van der Waals surface area contributed by atoms with Crippen LogP contribution in [0.15, 0.2) is 30.5 Å². The fourth-order valence-corrected chi connectivity index (χ4v) is 3.51. The third kappa shape index (κ3) is 5.24. The number of carbonyl (C=O) groups excluding carboxylic acids is 1. The number of anilines is 2. The minimum absolute atomic E-state index is 0.197. The number of halogens is 1. The summed E-state index contributed by atoms with van der Waals surface area (Å²) in [5.41, 5.74) is 1.03. The van der Waals surface area contributed by atoms with Gasteiger partial charge in [0, 0.05) is 19.3 Å². The zero-order valence-electron chi connectivity index (χ0n) is 16.1. The summed E-state index contributed by atoms with van der Waals surface area (Å²) in [5.74, 6) is 0.275. The van der Waals surface area contributed by atoms with E-state index in [0.717, 1.165) is 11.3 Å². The standard InChI is InChI=1S/C19H16ClN7O3S/c1-21-15-5-4-14(16(23-15)27-6-8-29-9-7-27)17(28)24-18-25-26-19(31-18)30-11-13-3-2-12(20)10-22-13/h2-5,10H,6-9,11H2,(H,24,25,28). The molecular weight excluding hydrogens is 442 g/mol. The van der Waals surface area contributed by atoms with Crippen LogP contribution in [-0.2, 0) is 11.3 Å². The summed E-state index contributed by atoms with van der Waals surface area (Å²) in [6.07, 6.45) is 1.53. The normalized spacial score (nSPS) is 13.5. The lowest BCUT2D eigenvalue weighted by molar-refractivity contribution is 0.102. The monoisotopic (exact) mass is 457 g/mol. The molecule has 1 saturated heterocycles. The van der Waals surface area contributed by atoms with Crippen molar-refractivity contribution >= 4 is 45.6 Å². The first-order valence-corrected chi connectivity index (χ1v) is 10.4. The van der Waals surface area contributed by atoms with E-state index in [1.54, 1.807) is 18.2 Å². The first-order valence-electron chi connectivity index (χ1n) is 9.21. The number of pyridine rings is 2. The topological polar surface area (TPSA) is 107 Å². The summed E-state index contributed by atoms with van der Waals surface area (Å²) in [7, 11) is 0. The SMILES string of the molecule is [C-]#[N+]c1ccc(C(=O)Nc2nnc(OCc3ccc(Cl)cn3)s2)c(N2CCOCC2)n1. The highest BCUT2D eigenvalue weighted by molar-refractivity contribution is 7.17. The Labute approximate surface area is 186 Å². The van der Waals surface area contributed by atoms with E-state index in [9.17, 15) is 4.79 Å². The fraction of sp³-hybridized carbons (Fsp3) is 0.263. The molecule has 1 aliphatic heterocycles. The van der Waals surface area contributed by atoms with Crippen molar-refractivity contribution in [2.75, 3.05) is 36.5 Å². The van der Waals surface area contributed by atoms with Crippen LogP contribution in [-0.4, -0.2) is 52.4 Å². The lowest BCUT2D eigenvalue weighted by Crippen LogP contribution is -2.38. The molecule has 1 amide bonds. The van der Waals surface area contributed by atoms with Crippen LogP contribution >= 0.6 is 22.9 Å². The van der Waals surface area contributed by atoms with Gasteiger partial charge in [0.1, 0.15) is 12.2 Å². The molecule has 3 aromatic rings. The second-order valence-electron chi connectivity index (χ2n) is 6.34. The molecule has 3 aromatic heterocycles. The second kappa shape index (κ2) is 9.65. The molecule has 31 heavy (non-hydrogen) atoms. The van der Waals surface area contributed by atoms with Crippen molar-refractivity contribution in [3.8, 4) is 5.19 Å². The predicted octanol–water partition coefficient (Wildman–Crippen LogP) is 3.20. The summed E-state index contributed by atoms with van der Waals surface area (Å²) in [6, 6.07) is 6.57. The molecule has 158 valence electrons. The van der Waals surface area contributed by atoms with Gasteiger partial charge in [0.25, 0.3) is 16.9 Å². The minimum atomic E-state index is -0.396. The van der Waals surface area contributed by atoms with E-state index in [4.69, 9.17) is 27.6 Å². The molecule has 1 aliphatic rings. The molecule has 0 atom stereocenters. The Hall–Kier alpha value is -3.33. The maximum Gasteiger partial charge on any atom is 0.296 e. The highest BCUT2D eigenvalue weighted by atomic mass is 35.5. The lowest BCUT2D eigenvalue weighted by atomic mass is 10.2. The van der Waals surface area contributed by atoms with Gasteiger partial charge >= 0.3 is 0 Å². The molecular formula is C19H16ClN7O3S. The van der Waals surface area contributed by atoms with E-state index in [1.165, 1.54) is 12.3 Å². The molecule has 0 spiro atoms. The molecule has 0 bridgehead atoms. The van der Waals surface area contributed by atoms with Gasteiger partial charge in [0.2, 0.25) is 10.9 Å².